The summed E-state index contributed by atoms with van der Waals surface area (Å²) in [4.78, 5) is 41.1. The number of carbonyl (C=O) groups is 2. The molecule has 2 N–H and O–H groups in total. The third kappa shape index (κ3) is 3.35. The molecule has 0 bridgehead atoms. The molecule has 3 aliphatic rings. The molecule has 32 heavy (non-hydrogen) atoms. The van der Waals surface area contributed by atoms with Gasteiger partial charge < -0.3 is 19.9 Å². The summed E-state index contributed by atoms with van der Waals surface area (Å²) >= 11 is 6.23. The third-order valence-electron chi connectivity index (χ3n) is 7.34. The third-order valence-corrected chi connectivity index (χ3v) is 7.71. The molecule has 1 saturated carbocycles. The number of nitrogens with zero attached hydrogens (tertiary/aromatic N) is 2. The van der Waals surface area contributed by atoms with Crippen molar-refractivity contribution in [2.24, 2.45) is 17.8 Å². The highest BCUT2D eigenvalue weighted by atomic mass is 35.5. The first kappa shape index (κ1) is 21.2. The first-order valence-corrected chi connectivity index (χ1v) is 11.5. The highest BCUT2D eigenvalue weighted by Gasteiger charge is 2.58. The number of nitrogens with one attached hydrogen (secondary N) is 1. The molecule has 5 rings (SSSR count). The zero-order chi connectivity index (χ0) is 22.4. The molecule has 7 nitrogen and oxygen atoms in total. The lowest BCUT2D eigenvalue weighted by atomic mass is 9.84. The van der Waals surface area contributed by atoms with Crippen LogP contribution in [0.4, 0.5) is 0 Å². The molecule has 2 fully saturated rings. The van der Waals surface area contributed by atoms with E-state index in [0.29, 0.717) is 11.6 Å². The summed E-state index contributed by atoms with van der Waals surface area (Å²) < 4.78 is 1.68. The van der Waals surface area contributed by atoms with E-state index in [2.05, 4.69) is 5.32 Å². The van der Waals surface area contributed by atoms with Crippen molar-refractivity contribution in [3.05, 3.63) is 69.1 Å². The van der Waals surface area contributed by atoms with Gasteiger partial charge in [0.2, 0.25) is 11.8 Å². The molecule has 4 atom stereocenters. The Bertz CT molecular complexity index is 1110. The second kappa shape index (κ2) is 8.37. The number of pyridine rings is 1. The quantitative estimate of drug-likeness (QED) is 0.722. The van der Waals surface area contributed by atoms with Crippen LogP contribution in [0.5, 0.6) is 0 Å². The highest BCUT2D eigenvalue weighted by Crippen LogP contribution is 2.50. The second-order valence-electron chi connectivity index (χ2n) is 8.98. The van der Waals surface area contributed by atoms with E-state index in [-0.39, 0.29) is 48.4 Å². The summed E-state index contributed by atoms with van der Waals surface area (Å²) in [6.07, 6.45) is 2.62. The number of aliphatic hydroxyl groups is 1. The summed E-state index contributed by atoms with van der Waals surface area (Å²) in [5.74, 6) is -1.08. The van der Waals surface area contributed by atoms with Crippen molar-refractivity contribution in [3.8, 4) is 0 Å². The Morgan fingerprint density at radius 2 is 1.91 bits per heavy atom. The number of fused-ring (bicyclic) bond motifs is 3. The summed E-state index contributed by atoms with van der Waals surface area (Å²) in [6.45, 7) is 0.403. The fourth-order valence-electron chi connectivity index (χ4n) is 5.48. The maximum atomic E-state index is 13.5. The van der Waals surface area contributed by atoms with Crippen molar-refractivity contribution in [1.82, 2.24) is 14.8 Å². The van der Waals surface area contributed by atoms with Crippen LogP contribution in [0.2, 0.25) is 5.02 Å². The number of benzene rings is 1. The number of rotatable bonds is 5. The molecule has 168 valence electrons. The van der Waals surface area contributed by atoms with Crippen LogP contribution < -0.4 is 10.9 Å². The molecule has 2 aromatic rings. The van der Waals surface area contributed by atoms with E-state index >= 15 is 0 Å². The number of carbonyl (C=O) groups excluding carboxylic acids is 2. The summed E-state index contributed by atoms with van der Waals surface area (Å²) in [5, 5.41) is 13.8. The van der Waals surface area contributed by atoms with Gasteiger partial charge in [-0.05, 0) is 30.5 Å². The van der Waals surface area contributed by atoms with Crippen LogP contribution in [0.25, 0.3) is 0 Å². The van der Waals surface area contributed by atoms with E-state index in [1.54, 1.807) is 21.6 Å². The SMILES string of the molecule is O=C(NCc1ccccc1Cl)[C@H]1[C@H](CO)[C@H]2Cn3c(cccc3=O)[C@H]2N1C(=O)C1CCC1. The number of halogens is 1. The molecule has 0 spiro atoms. The fourth-order valence-corrected chi connectivity index (χ4v) is 5.68. The lowest BCUT2D eigenvalue weighted by Gasteiger charge is -2.36. The molecule has 8 heteroatoms. The lowest BCUT2D eigenvalue weighted by Crippen LogP contribution is -2.52. The summed E-state index contributed by atoms with van der Waals surface area (Å²) in [6, 6.07) is 11.2. The minimum absolute atomic E-state index is 0.0511. The molecule has 0 radical (unpaired) electrons. The Labute approximate surface area is 191 Å². The molecular formula is C24H26ClN3O4. The van der Waals surface area contributed by atoms with E-state index in [4.69, 9.17) is 11.6 Å². The Kier molecular flexibility index (Phi) is 5.55. The van der Waals surface area contributed by atoms with Gasteiger partial charge in [0.15, 0.2) is 0 Å². The average molecular weight is 456 g/mol. The molecule has 1 aromatic carbocycles. The highest BCUT2D eigenvalue weighted by molar-refractivity contribution is 6.31. The van der Waals surface area contributed by atoms with Crippen LogP contribution >= 0.6 is 11.6 Å². The number of aromatic nitrogens is 1. The Hall–Kier alpha value is -2.64. The van der Waals surface area contributed by atoms with E-state index in [9.17, 15) is 19.5 Å². The minimum Gasteiger partial charge on any atom is -0.396 e. The van der Waals surface area contributed by atoms with Gasteiger partial charge in [0, 0.05) is 54.2 Å². The lowest BCUT2D eigenvalue weighted by molar-refractivity contribution is -0.147. The summed E-state index contributed by atoms with van der Waals surface area (Å²) in [7, 11) is 0. The van der Waals surface area contributed by atoms with E-state index in [1.165, 1.54) is 6.07 Å². The van der Waals surface area contributed by atoms with Gasteiger partial charge >= 0.3 is 0 Å². The van der Waals surface area contributed by atoms with Gasteiger partial charge in [-0.1, -0.05) is 42.3 Å². The van der Waals surface area contributed by atoms with Crippen LogP contribution in [0.1, 0.15) is 36.6 Å². The van der Waals surface area contributed by atoms with Gasteiger partial charge in [-0.25, -0.2) is 0 Å². The Morgan fingerprint density at radius 3 is 2.59 bits per heavy atom. The normalized spacial score (nSPS) is 26.4. The summed E-state index contributed by atoms with van der Waals surface area (Å²) in [5.41, 5.74) is 1.41. The number of aliphatic hydroxyl groups excluding tert-OH is 1. The predicted octanol–water partition coefficient (Wildman–Crippen LogP) is 2.11. The van der Waals surface area contributed by atoms with Crippen molar-refractivity contribution in [3.63, 3.8) is 0 Å². The number of hydrogen-bond donors (Lipinski definition) is 2. The monoisotopic (exact) mass is 455 g/mol. The van der Waals surface area contributed by atoms with Crippen LogP contribution in [0.3, 0.4) is 0 Å². The van der Waals surface area contributed by atoms with Crippen LogP contribution in [-0.4, -0.2) is 39.0 Å². The average Bonchev–Trinajstić information content (AvgIpc) is 3.27. The van der Waals surface area contributed by atoms with Crippen LogP contribution in [0.15, 0.2) is 47.3 Å². The first-order chi connectivity index (χ1) is 15.5. The number of likely N-dealkylation sites (tertiary alicyclic amines) is 1. The van der Waals surface area contributed by atoms with E-state index in [1.807, 2.05) is 24.3 Å². The Morgan fingerprint density at radius 1 is 1.12 bits per heavy atom. The number of hydrogen-bond acceptors (Lipinski definition) is 4. The molecule has 1 aliphatic carbocycles. The van der Waals surface area contributed by atoms with Gasteiger partial charge in [0.05, 0.1) is 6.04 Å². The van der Waals surface area contributed by atoms with Crippen molar-refractivity contribution < 1.29 is 14.7 Å². The van der Waals surface area contributed by atoms with Crippen molar-refractivity contribution in [1.29, 1.82) is 0 Å². The minimum atomic E-state index is -0.783. The molecule has 1 aromatic heterocycles. The topological polar surface area (TPSA) is 91.6 Å². The smallest absolute Gasteiger partial charge is 0.250 e. The van der Waals surface area contributed by atoms with Gasteiger partial charge in [-0.15, -0.1) is 0 Å². The molecule has 2 amide bonds. The zero-order valence-corrected chi connectivity index (χ0v) is 18.4. The van der Waals surface area contributed by atoms with Crippen molar-refractivity contribution >= 4 is 23.4 Å². The van der Waals surface area contributed by atoms with Gasteiger partial charge in [0.25, 0.3) is 5.56 Å². The fraction of sp³-hybridized carbons (Fsp3) is 0.458. The van der Waals surface area contributed by atoms with Crippen molar-refractivity contribution in [2.75, 3.05) is 6.61 Å². The molecular weight excluding hydrogens is 430 g/mol. The standard InChI is InChI=1S/C24H26ClN3O4/c25-18-8-2-1-5-15(18)11-26-23(31)22-17(13-29)16-12-27-19(9-4-10-20(27)30)21(16)28(22)24(32)14-6-3-7-14/h1-2,4-5,8-10,14,16-17,21-22,29H,3,6-7,11-13H2,(H,26,31)/t16-,17-,21+,22-/m1/s1. The van der Waals surface area contributed by atoms with Crippen LogP contribution in [-0.2, 0) is 22.7 Å². The maximum absolute atomic E-state index is 13.5. The maximum Gasteiger partial charge on any atom is 0.250 e. The Balaban J connectivity index is 1.48. The van der Waals surface area contributed by atoms with Gasteiger partial charge in [-0.2, -0.15) is 0 Å². The largest absolute Gasteiger partial charge is 0.396 e. The number of amides is 2. The zero-order valence-electron chi connectivity index (χ0n) is 17.6. The molecule has 1 saturated heterocycles. The van der Waals surface area contributed by atoms with E-state index < -0.39 is 12.0 Å². The first-order valence-electron chi connectivity index (χ1n) is 11.1. The molecule has 0 unspecified atom stereocenters. The predicted molar refractivity (Wildman–Crippen MR) is 119 cm³/mol. The van der Waals surface area contributed by atoms with E-state index in [0.717, 1.165) is 30.5 Å². The van der Waals surface area contributed by atoms with Gasteiger partial charge in [-0.3, -0.25) is 14.4 Å². The molecule has 2 aliphatic heterocycles. The second-order valence-corrected chi connectivity index (χ2v) is 9.39. The van der Waals surface area contributed by atoms with Crippen LogP contribution in [0, 0.1) is 17.8 Å². The van der Waals surface area contributed by atoms with Crippen molar-refractivity contribution in [2.45, 2.75) is 44.4 Å². The molecule has 3 heterocycles. The van der Waals surface area contributed by atoms with Gasteiger partial charge in [0.1, 0.15) is 6.04 Å².